The van der Waals surface area contributed by atoms with Gasteiger partial charge in [0.05, 0.1) is 11.3 Å². The normalized spacial score (nSPS) is 10.3. The Morgan fingerprint density at radius 1 is 0.960 bits per heavy atom. The van der Waals surface area contributed by atoms with Crippen LogP contribution in [0.15, 0.2) is 48.5 Å². The van der Waals surface area contributed by atoms with Crippen LogP contribution in [0, 0.1) is 6.92 Å². The Morgan fingerprint density at radius 2 is 1.64 bits per heavy atom. The van der Waals surface area contributed by atoms with Gasteiger partial charge in [-0.1, -0.05) is 30.3 Å². The third kappa shape index (κ3) is 5.43. The molecule has 0 unspecified atom stereocenters. The summed E-state index contributed by atoms with van der Waals surface area (Å²) in [7, 11) is 0. The lowest BCUT2D eigenvalue weighted by atomic mass is 10.1. The number of nitrogens with one attached hydrogen (secondary N) is 2. The second-order valence-corrected chi connectivity index (χ2v) is 5.62. The van der Waals surface area contributed by atoms with Gasteiger partial charge in [0.1, 0.15) is 0 Å². The minimum Gasteiger partial charge on any atom is -0.382 e. The molecular formula is C20H24N2O3. The second kappa shape index (κ2) is 9.59. The number of hydrogen-bond acceptors (Lipinski definition) is 3. The molecule has 0 saturated heterocycles. The van der Waals surface area contributed by atoms with Crippen LogP contribution in [0.2, 0.25) is 0 Å². The number of anilines is 1. The molecule has 25 heavy (non-hydrogen) atoms. The standard InChI is InChI=1S/C20H24N2O3/c1-3-25-14-8-13-21-19(23)17-11-6-7-12-18(17)22-20(24)16-10-5-4-9-15(16)2/h4-7,9-12H,3,8,13-14H2,1-2H3,(H,21,23)(H,22,24). The van der Waals surface area contributed by atoms with E-state index in [1.807, 2.05) is 32.0 Å². The highest BCUT2D eigenvalue weighted by Crippen LogP contribution is 2.17. The van der Waals surface area contributed by atoms with Crippen LogP contribution < -0.4 is 10.6 Å². The summed E-state index contributed by atoms with van der Waals surface area (Å²) in [5, 5.41) is 5.69. The first kappa shape index (κ1) is 18.7. The van der Waals surface area contributed by atoms with Gasteiger partial charge in [0.15, 0.2) is 0 Å². The number of carbonyl (C=O) groups is 2. The summed E-state index contributed by atoms with van der Waals surface area (Å²) < 4.78 is 5.25. The summed E-state index contributed by atoms with van der Waals surface area (Å²) in [6.45, 7) is 5.63. The molecule has 2 rings (SSSR count). The van der Waals surface area contributed by atoms with Gasteiger partial charge in [-0.2, -0.15) is 0 Å². The molecule has 2 N–H and O–H groups in total. The van der Waals surface area contributed by atoms with Gasteiger partial charge in [-0.25, -0.2) is 0 Å². The predicted molar refractivity (Wildman–Crippen MR) is 99.0 cm³/mol. The fraction of sp³-hybridized carbons (Fsp3) is 0.300. The van der Waals surface area contributed by atoms with Gasteiger partial charge in [-0.05, 0) is 44.0 Å². The zero-order valence-electron chi connectivity index (χ0n) is 14.7. The first-order chi connectivity index (χ1) is 12.1. The van der Waals surface area contributed by atoms with Crippen LogP contribution in [0.3, 0.4) is 0 Å². The number of rotatable bonds is 8. The van der Waals surface area contributed by atoms with Gasteiger partial charge in [0.2, 0.25) is 0 Å². The lowest BCUT2D eigenvalue weighted by Crippen LogP contribution is -2.27. The van der Waals surface area contributed by atoms with E-state index in [0.29, 0.717) is 36.6 Å². The van der Waals surface area contributed by atoms with Crippen molar-refractivity contribution in [2.24, 2.45) is 0 Å². The van der Waals surface area contributed by atoms with Crippen molar-refractivity contribution in [2.75, 3.05) is 25.1 Å². The third-order valence-electron chi connectivity index (χ3n) is 3.76. The monoisotopic (exact) mass is 340 g/mol. The van der Waals surface area contributed by atoms with Gasteiger partial charge in [0, 0.05) is 25.3 Å². The quantitative estimate of drug-likeness (QED) is 0.724. The molecule has 0 spiro atoms. The summed E-state index contributed by atoms with van der Waals surface area (Å²) in [5.74, 6) is -0.438. The van der Waals surface area contributed by atoms with Gasteiger partial charge in [-0.15, -0.1) is 0 Å². The van der Waals surface area contributed by atoms with Crippen molar-refractivity contribution in [3.63, 3.8) is 0 Å². The topological polar surface area (TPSA) is 67.4 Å². The van der Waals surface area contributed by atoms with Crippen molar-refractivity contribution in [3.05, 3.63) is 65.2 Å². The molecule has 0 saturated carbocycles. The number of carbonyl (C=O) groups excluding carboxylic acids is 2. The van der Waals surface area contributed by atoms with Crippen LogP contribution in [0.1, 0.15) is 39.6 Å². The molecule has 2 aromatic rings. The van der Waals surface area contributed by atoms with Crippen molar-refractivity contribution >= 4 is 17.5 Å². The molecule has 0 aliphatic carbocycles. The highest BCUT2D eigenvalue weighted by Gasteiger charge is 2.14. The molecule has 0 radical (unpaired) electrons. The minimum atomic E-state index is -0.227. The lowest BCUT2D eigenvalue weighted by molar-refractivity contribution is 0.0945. The maximum Gasteiger partial charge on any atom is 0.255 e. The Hall–Kier alpha value is -2.66. The molecule has 0 atom stereocenters. The third-order valence-corrected chi connectivity index (χ3v) is 3.76. The highest BCUT2D eigenvalue weighted by molar-refractivity contribution is 6.09. The molecule has 0 aliphatic heterocycles. The van der Waals surface area contributed by atoms with E-state index in [2.05, 4.69) is 10.6 Å². The van der Waals surface area contributed by atoms with Crippen LogP contribution >= 0.6 is 0 Å². The van der Waals surface area contributed by atoms with E-state index in [1.165, 1.54) is 0 Å². The SMILES string of the molecule is CCOCCCNC(=O)c1ccccc1NC(=O)c1ccccc1C. The molecule has 0 aliphatic rings. The summed E-state index contributed by atoms with van der Waals surface area (Å²) >= 11 is 0. The molecule has 2 amide bonds. The first-order valence-corrected chi connectivity index (χ1v) is 8.45. The molecule has 0 aromatic heterocycles. The molecule has 0 heterocycles. The van der Waals surface area contributed by atoms with Crippen LogP contribution in [-0.4, -0.2) is 31.6 Å². The van der Waals surface area contributed by atoms with Gasteiger partial charge < -0.3 is 15.4 Å². The van der Waals surface area contributed by atoms with Gasteiger partial charge in [0.25, 0.3) is 11.8 Å². The van der Waals surface area contributed by atoms with E-state index in [4.69, 9.17) is 4.74 Å². The molecule has 5 nitrogen and oxygen atoms in total. The van der Waals surface area contributed by atoms with Crippen LogP contribution in [-0.2, 0) is 4.74 Å². The Labute approximate surface area is 148 Å². The Kier molecular flexibility index (Phi) is 7.16. The first-order valence-electron chi connectivity index (χ1n) is 8.45. The zero-order chi connectivity index (χ0) is 18.1. The summed E-state index contributed by atoms with van der Waals surface area (Å²) in [6, 6.07) is 14.3. The van der Waals surface area contributed by atoms with E-state index in [1.54, 1.807) is 30.3 Å². The van der Waals surface area contributed by atoms with Gasteiger partial charge in [-0.3, -0.25) is 9.59 Å². The number of para-hydroxylation sites is 1. The average Bonchev–Trinajstić information content (AvgIpc) is 2.62. The van der Waals surface area contributed by atoms with E-state index in [-0.39, 0.29) is 11.8 Å². The fourth-order valence-corrected chi connectivity index (χ4v) is 2.42. The van der Waals surface area contributed by atoms with Crippen LogP contribution in [0.25, 0.3) is 0 Å². The molecule has 2 aromatic carbocycles. The average molecular weight is 340 g/mol. The number of ether oxygens (including phenoxy) is 1. The van der Waals surface area contributed by atoms with E-state index >= 15 is 0 Å². The van der Waals surface area contributed by atoms with Crippen LogP contribution in [0.5, 0.6) is 0 Å². The summed E-state index contributed by atoms with van der Waals surface area (Å²) in [6.07, 6.45) is 0.747. The molecular weight excluding hydrogens is 316 g/mol. The molecule has 5 heteroatoms. The van der Waals surface area contributed by atoms with Crippen molar-refractivity contribution in [1.29, 1.82) is 0 Å². The number of benzene rings is 2. The molecule has 132 valence electrons. The van der Waals surface area contributed by atoms with E-state index in [9.17, 15) is 9.59 Å². The van der Waals surface area contributed by atoms with Crippen molar-refractivity contribution < 1.29 is 14.3 Å². The maximum absolute atomic E-state index is 12.5. The predicted octanol–water partition coefficient (Wildman–Crippen LogP) is 3.40. The Morgan fingerprint density at radius 3 is 2.36 bits per heavy atom. The van der Waals surface area contributed by atoms with Crippen molar-refractivity contribution in [2.45, 2.75) is 20.3 Å². The number of hydrogen-bond donors (Lipinski definition) is 2. The summed E-state index contributed by atoms with van der Waals surface area (Å²) in [5.41, 5.74) is 2.42. The maximum atomic E-state index is 12.5. The summed E-state index contributed by atoms with van der Waals surface area (Å²) in [4.78, 5) is 24.9. The van der Waals surface area contributed by atoms with Crippen LogP contribution in [0.4, 0.5) is 5.69 Å². The largest absolute Gasteiger partial charge is 0.382 e. The number of amides is 2. The van der Waals surface area contributed by atoms with E-state index < -0.39 is 0 Å². The van der Waals surface area contributed by atoms with Crippen molar-refractivity contribution in [1.82, 2.24) is 5.32 Å². The van der Waals surface area contributed by atoms with Crippen molar-refractivity contribution in [3.8, 4) is 0 Å². The smallest absolute Gasteiger partial charge is 0.255 e. The van der Waals surface area contributed by atoms with E-state index in [0.717, 1.165) is 12.0 Å². The fourth-order valence-electron chi connectivity index (χ4n) is 2.42. The number of aryl methyl sites for hydroxylation is 1. The Balaban J connectivity index is 2.03. The lowest BCUT2D eigenvalue weighted by Gasteiger charge is -2.12. The minimum absolute atomic E-state index is 0.211. The van der Waals surface area contributed by atoms with Gasteiger partial charge >= 0.3 is 0 Å². The molecule has 0 bridgehead atoms. The Bertz CT molecular complexity index is 728. The second-order valence-electron chi connectivity index (χ2n) is 5.62. The zero-order valence-corrected chi connectivity index (χ0v) is 14.7. The molecule has 0 fully saturated rings. The highest BCUT2D eigenvalue weighted by atomic mass is 16.5.